The molecule has 0 spiro atoms. The predicted molar refractivity (Wildman–Crippen MR) is 54.0 cm³/mol. The van der Waals surface area contributed by atoms with E-state index in [0.29, 0.717) is 5.92 Å². The molecule has 4 heteroatoms. The molecule has 0 saturated heterocycles. The lowest BCUT2D eigenvalue weighted by molar-refractivity contribution is -0.145. The summed E-state index contributed by atoms with van der Waals surface area (Å²) in [6.07, 6.45) is 1.51. The third-order valence-corrected chi connectivity index (χ3v) is 2.31. The second-order valence-electron chi connectivity index (χ2n) is 3.30. The molecule has 0 bridgehead atoms. The molecule has 14 heavy (non-hydrogen) atoms. The third kappa shape index (κ3) is 4.91. The van der Waals surface area contributed by atoms with Gasteiger partial charge >= 0.3 is 0 Å². The monoisotopic (exact) mass is 206 g/mol. The summed E-state index contributed by atoms with van der Waals surface area (Å²) < 4.78 is 20.5. The normalized spacial score (nSPS) is 13.9. The molecule has 86 valence electrons. The van der Waals surface area contributed by atoms with Crippen LogP contribution in [0.1, 0.15) is 19.8 Å². The van der Waals surface area contributed by atoms with Gasteiger partial charge in [0, 0.05) is 34.4 Å². The fraction of sp³-hybridized carbons (Fsp3) is 1.00. The highest BCUT2D eigenvalue weighted by Crippen LogP contribution is 2.16. The molecular weight excluding hydrogens is 184 g/mol. The molecule has 0 radical (unpaired) electrons. The van der Waals surface area contributed by atoms with Gasteiger partial charge in [-0.2, -0.15) is 0 Å². The van der Waals surface area contributed by atoms with Gasteiger partial charge in [-0.1, -0.05) is 6.92 Å². The van der Waals surface area contributed by atoms with Crippen LogP contribution in [0.25, 0.3) is 0 Å². The van der Waals surface area contributed by atoms with E-state index in [1.165, 1.54) is 0 Å². The average molecular weight is 206 g/mol. The van der Waals surface area contributed by atoms with E-state index in [9.17, 15) is 0 Å². The molecule has 0 amide bonds. The largest absolute Gasteiger partial charge is 0.356 e. The summed E-state index contributed by atoms with van der Waals surface area (Å²) in [5.74, 6) is 0.331. The maximum absolute atomic E-state index is 5.16. The minimum absolute atomic E-state index is 0.133. The SMILES string of the molecule is COC(CC[C@H](C)C(OC)OC)OC. The summed E-state index contributed by atoms with van der Waals surface area (Å²) in [4.78, 5) is 0. The first-order valence-electron chi connectivity index (χ1n) is 4.80. The van der Waals surface area contributed by atoms with E-state index in [1.54, 1.807) is 28.4 Å². The van der Waals surface area contributed by atoms with Gasteiger partial charge in [-0.25, -0.2) is 0 Å². The molecule has 0 N–H and O–H groups in total. The zero-order valence-corrected chi connectivity index (χ0v) is 9.78. The quantitative estimate of drug-likeness (QED) is 0.566. The summed E-state index contributed by atoms with van der Waals surface area (Å²) in [6, 6.07) is 0. The van der Waals surface area contributed by atoms with E-state index in [2.05, 4.69) is 6.92 Å². The van der Waals surface area contributed by atoms with E-state index >= 15 is 0 Å². The lowest BCUT2D eigenvalue weighted by Crippen LogP contribution is -2.24. The minimum atomic E-state index is -0.149. The van der Waals surface area contributed by atoms with Crippen LogP contribution < -0.4 is 0 Å². The standard InChI is InChI=1S/C10H22O4/c1-8(10(13-4)14-5)6-7-9(11-2)12-3/h8-10H,6-7H2,1-5H3/t8-/m0/s1. The van der Waals surface area contributed by atoms with Gasteiger partial charge in [0.25, 0.3) is 0 Å². The van der Waals surface area contributed by atoms with Gasteiger partial charge in [0.15, 0.2) is 12.6 Å². The van der Waals surface area contributed by atoms with Gasteiger partial charge in [-0.3, -0.25) is 0 Å². The summed E-state index contributed by atoms with van der Waals surface area (Å²) >= 11 is 0. The second-order valence-corrected chi connectivity index (χ2v) is 3.30. The summed E-state index contributed by atoms with van der Waals surface area (Å²) in [5.41, 5.74) is 0. The summed E-state index contributed by atoms with van der Waals surface area (Å²) in [7, 11) is 6.58. The van der Waals surface area contributed by atoms with Crippen LogP contribution in [0.5, 0.6) is 0 Å². The van der Waals surface area contributed by atoms with E-state index in [1.807, 2.05) is 0 Å². The first-order chi connectivity index (χ1) is 6.69. The van der Waals surface area contributed by atoms with Gasteiger partial charge in [-0.05, 0) is 12.8 Å². The van der Waals surface area contributed by atoms with Crippen LogP contribution in [-0.4, -0.2) is 41.0 Å². The van der Waals surface area contributed by atoms with Crippen molar-refractivity contribution in [1.29, 1.82) is 0 Å². The maximum atomic E-state index is 5.16. The van der Waals surface area contributed by atoms with Gasteiger partial charge in [0.2, 0.25) is 0 Å². The van der Waals surface area contributed by atoms with Gasteiger partial charge in [-0.15, -0.1) is 0 Å². The molecule has 0 fully saturated rings. The molecule has 0 rings (SSSR count). The van der Waals surface area contributed by atoms with E-state index in [-0.39, 0.29) is 12.6 Å². The zero-order chi connectivity index (χ0) is 11.0. The smallest absolute Gasteiger partial charge is 0.159 e. The van der Waals surface area contributed by atoms with Crippen molar-refractivity contribution in [2.45, 2.75) is 32.3 Å². The molecule has 0 saturated carbocycles. The first-order valence-corrected chi connectivity index (χ1v) is 4.80. The molecule has 0 aliphatic rings. The zero-order valence-electron chi connectivity index (χ0n) is 9.78. The van der Waals surface area contributed by atoms with Crippen molar-refractivity contribution in [3.05, 3.63) is 0 Å². The molecule has 1 atom stereocenters. The number of ether oxygens (including phenoxy) is 4. The maximum Gasteiger partial charge on any atom is 0.159 e. The van der Waals surface area contributed by atoms with Crippen molar-refractivity contribution in [2.75, 3.05) is 28.4 Å². The Morgan fingerprint density at radius 1 is 0.786 bits per heavy atom. The van der Waals surface area contributed by atoms with E-state index < -0.39 is 0 Å². The number of hydrogen-bond donors (Lipinski definition) is 0. The summed E-state index contributed by atoms with van der Waals surface area (Å²) in [5, 5.41) is 0. The number of rotatable bonds is 8. The Balaban J connectivity index is 3.75. The van der Waals surface area contributed by atoms with Crippen LogP contribution in [0.2, 0.25) is 0 Å². The van der Waals surface area contributed by atoms with Gasteiger partial charge in [0.1, 0.15) is 0 Å². The molecule has 0 heterocycles. The Hall–Kier alpha value is -0.160. The Bertz CT molecular complexity index is 121. The van der Waals surface area contributed by atoms with Crippen molar-refractivity contribution in [2.24, 2.45) is 5.92 Å². The first kappa shape index (κ1) is 13.8. The molecule has 4 nitrogen and oxygen atoms in total. The van der Waals surface area contributed by atoms with Crippen molar-refractivity contribution in [3.63, 3.8) is 0 Å². The van der Waals surface area contributed by atoms with E-state index in [0.717, 1.165) is 12.8 Å². The van der Waals surface area contributed by atoms with Crippen LogP contribution in [0.3, 0.4) is 0 Å². The highest BCUT2D eigenvalue weighted by Gasteiger charge is 2.17. The fourth-order valence-corrected chi connectivity index (χ4v) is 1.43. The van der Waals surface area contributed by atoms with Crippen LogP contribution in [0, 0.1) is 5.92 Å². The molecule has 0 aromatic rings. The Morgan fingerprint density at radius 2 is 1.29 bits per heavy atom. The lowest BCUT2D eigenvalue weighted by atomic mass is 10.1. The Kier molecular flexibility index (Phi) is 8.08. The molecule has 0 aliphatic carbocycles. The van der Waals surface area contributed by atoms with Crippen LogP contribution in [-0.2, 0) is 18.9 Å². The molecular formula is C10H22O4. The number of hydrogen-bond acceptors (Lipinski definition) is 4. The predicted octanol–water partition coefficient (Wildman–Crippen LogP) is 1.64. The Morgan fingerprint density at radius 3 is 1.64 bits per heavy atom. The third-order valence-electron chi connectivity index (χ3n) is 2.31. The van der Waals surface area contributed by atoms with Crippen molar-refractivity contribution >= 4 is 0 Å². The highest BCUT2D eigenvalue weighted by atomic mass is 16.7. The summed E-state index contributed by atoms with van der Waals surface area (Å²) in [6.45, 7) is 2.08. The van der Waals surface area contributed by atoms with Gasteiger partial charge in [0.05, 0.1) is 0 Å². The molecule has 0 aliphatic heterocycles. The Labute approximate surface area is 86.5 Å². The fourth-order valence-electron chi connectivity index (χ4n) is 1.43. The average Bonchev–Trinajstić information content (AvgIpc) is 2.21. The van der Waals surface area contributed by atoms with Crippen molar-refractivity contribution in [1.82, 2.24) is 0 Å². The van der Waals surface area contributed by atoms with Gasteiger partial charge < -0.3 is 18.9 Å². The second kappa shape index (κ2) is 8.17. The van der Waals surface area contributed by atoms with Crippen LogP contribution in [0.4, 0.5) is 0 Å². The van der Waals surface area contributed by atoms with Crippen LogP contribution >= 0.6 is 0 Å². The molecule has 0 aromatic heterocycles. The van der Waals surface area contributed by atoms with Crippen molar-refractivity contribution < 1.29 is 18.9 Å². The minimum Gasteiger partial charge on any atom is -0.356 e. The lowest BCUT2D eigenvalue weighted by Gasteiger charge is -2.22. The highest BCUT2D eigenvalue weighted by molar-refractivity contribution is 4.58. The molecule has 0 unspecified atom stereocenters. The molecule has 0 aromatic carbocycles. The van der Waals surface area contributed by atoms with Crippen LogP contribution in [0.15, 0.2) is 0 Å². The number of methoxy groups -OCH3 is 4. The topological polar surface area (TPSA) is 36.9 Å². The van der Waals surface area contributed by atoms with E-state index in [4.69, 9.17) is 18.9 Å². The van der Waals surface area contributed by atoms with Crippen molar-refractivity contribution in [3.8, 4) is 0 Å².